The molecular formula is C12H23N3O2. The maximum absolute atomic E-state index is 11.6. The second kappa shape index (κ2) is 6.59. The summed E-state index contributed by atoms with van der Waals surface area (Å²) in [5, 5.41) is 2.93. The number of carbonyl (C=O) groups is 2. The monoisotopic (exact) mass is 241 g/mol. The van der Waals surface area contributed by atoms with E-state index in [-0.39, 0.29) is 30.4 Å². The fourth-order valence-electron chi connectivity index (χ4n) is 2.61. The maximum Gasteiger partial charge on any atom is 0.234 e. The third kappa shape index (κ3) is 3.70. The topological polar surface area (TPSA) is 75.4 Å². The number of nitrogens with one attached hydrogen (secondary N) is 1. The van der Waals surface area contributed by atoms with Gasteiger partial charge in [-0.05, 0) is 19.8 Å². The molecule has 0 aromatic carbocycles. The Kier molecular flexibility index (Phi) is 5.41. The van der Waals surface area contributed by atoms with Crippen molar-refractivity contribution in [1.82, 2.24) is 10.2 Å². The lowest BCUT2D eigenvalue weighted by atomic mass is 9.89. The number of amides is 2. The van der Waals surface area contributed by atoms with E-state index in [0.29, 0.717) is 6.54 Å². The minimum atomic E-state index is -0.137. The van der Waals surface area contributed by atoms with Gasteiger partial charge in [0.2, 0.25) is 11.8 Å². The van der Waals surface area contributed by atoms with Crippen LogP contribution in [-0.4, -0.2) is 41.9 Å². The van der Waals surface area contributed by atoms with E-state index in [9.17, 15) is 9.59 Å². The third-order valence-corrected chi connectivity index (χ3v) is 3.41. The van der Waals surface area contributed by atoms with E-state index >= 15 is 0 Å². The van der Waals surface area contributed by atoms with Gasteiger partial charge in [-0.3, -0.25) is 9.59 Å². The van der Waals surface area contributed by atoms with Crippen LogP contribution in [0.25, 0.3) is 0 Å². The van der Waals surface area contributed by atoms with E-state index in [0.717, 1.165) is 25.7 Å². The van der Waals surface area contributed by atoms with Gasteiger partial charge < -0.3 is 16.0 Å². The number of rotatable bonds is 4. The number of nitrogens with two attached hydrogens (primary N) is 1. The summed E-state index contributed by atoms with van der Waals surface area (Å²) in [4.78, 5) is 24.8. The minimum Gasteiger partial charge on any atom is -0.350 e. The van der Waals surface area contributed by atoms with Gasteiger partial charge in [0.1, 0.15) is 0 Å². The predicted octanol–water partition coefficient (Wildman–Crippen LogP) is 0.241. The summed E-state index contributed by atoms with van der Waals surface area (Å²) in [5.41, 5.74) is 5.31. The van der Waals surface area contributed by atoms with Crippen molar-refractivity contribution >= 4 is 11.8 Å². The van der Waals surface area contributed by atoms with Crippen molar-refractivity contribution in [3.05, 3.63) is 0 Å². The lowest BCUT2D eigenvalue weighted by molar-refractivity contribution is -0.133. The van der Waals surface area contributed by atoms with E-state index in [1.807, 2.05) is 11.8 Å². The second-order valence-electron chi connectivity index (χ2n) is 4.53. The largest absolute Gasteiger partial charge is 0.350 e. The Morgan fingerprint density at radius 3 is 2.53 bits per heavy atom. The average molecular weight is 241 g/mol. The van der Waals surface area contributed by atoms with E-state index in [1.165, 1.54) is 0 Å². The fraction of sp³-hybridized carbons (Fsp3) is 0.833. The Morgan fingerprint density at radius 1 is 1.35 bits per heavy atom. The van der Waals surface area contributed by atoms with Crippen LogP contribution in [0.4, 0.5) is 0 Å². The zero-order valence-corrected chi connectivity index (χ0v) is 10.7. The number of likely N-dealkylation sites (N-methyl/N-ethyl adjacent to an activating group) is 1. The quantitative estimate of drug-likeness (QED) is 0.740. The number of hydrogen-bond donors (Lipinski definition) is 2. The smallest absolute Gasteiger partial charge is 0.234 e. The van der Waals surface area contributed by atoms with Crippen molar-refractivity contribution in [3.8, 4) is 0 Å². The Balaban J connectivity index is 2.70. The second-order valence-corrected chi connectivity index (χ2v) is 4.53. The van der Waals surface area contributed by atoms with Crippen LogP contribution in [0, 0.1) is 0 Å². The van der Waals surface area contributed by atoms with Crippen LogP contribution in [0.3, 0.4) is 0 Å². The molecule has 1 aliphatic rings. The van der Waals surface area contributed by atoms with Gasteiger partial charge in [0, 0.05) is 19.5 Å². The van der Waals surface area contributed by atoms with Crippen LogP contribution in [0.5, 0.6) is 0 Å². The van der Waals surface area contributed by atoms with Crippen molar-refractivity contribution in [3.63, 3.8) is 0 Å². The zero-order valence-electron chi connectivity index (χ0n) is 10.7. The molecule has 5 heteroatoms. The molecule has 1 saturated carbocycles. The zero-order chi connectivity index (χ0) is 12.8. The van der Waals surface area contributed by atoms with Gasteiger partial charge in [-0.1, -0.05) is 12.8 Å². The number of nitrogens with zero attached hydrogens (tertiary/aromatic N) is 1. The summed E-state index contributed by atoms with van der Waals surface area (Å²) in [6.45, 7) is 4.25. The highest BCUT2D eigenvalue weighted by Crippen LogP contribution is 2.23. The molecule has 2 atom stereocenters. The van der Waals surface area contributed by atoms with Crippen molar-refractivity contribution in [2.45, 2.75) is 51.6 Å². The molecule has 0 bridgehead atoms. The summed E-state index contributed by atoms with van der Waals surface area (Å²) in [6.07, 6.45) is 4.11. The Morgan fingerprint density at radius 2 is 2.00 bits per heavy atom. The molecule has 0 radical (unpaired) electrons. The van der Waals surface area contributed by atoms with Crippen LogP contribution in [0.15, 0.2) is 0 Å². The van der Waals surface area contributed by atoms with Gasteiger partial charge in [0.25, 0.3) is 0 Å². The van der Waals surface area contributed by atoms with Crippen LogP contribution in [0.2, 0.25) is 0 Å². The molecule has 2 amide bonds. The van der Waals surface area contributed by atoms with E-state index in [2.05, 4.69) is 5.32 Å². The average Bonchev–Trinajstić information content (AvgIpc) is 2.31. The Labute approximate surface area is 103 Å². The molecule has 1 rings (SSSR count). The van der Waals surface area contributed by atoms with Gasteiger partial charge in [-0.15, -0.1) is 0 Å². The summed E-state index contributed by atoms with van der Waals surface area (Å²) in [5.74, 6) is -0.0621. The molecule has 0 aromatic rings. The molecular weight excluding hydrogens is 218 g/mol. The highest BCUT2D eigenvalue weighted by Gasteiger charge is 2.31. The summed E-state index contributed by atoms with van der Waals surface area (Å²) in [6, 6.07) is 0.186. The third-order valence-electron chi connectivity index (χ3n) is 3.41. The molecule has 0 heterocycles. The van der Waals surface area contributed by atoms with Gasteiger partial charge >= 0.3 is 0 Å². The van der Waals surface area contributed by atoms with Crippen LogP contribution in [-0.2, 0) is 9.59 Å². The summed E-state index contributed by atoms with van der Waals surface area (Å²) in [7, 11) is 0. The first-order valence-electron chi connectivity index (χ1n) is 6.36. The van der Waals surface area contributed by atoms with Crippen molar-refractivity contribution in [2.75, 3.05) is 13.1 Å². The molecule has 0 aromatic heterocycles. The van der Waals surface area contributed by atoms with E-state index < -0.39 is 0 Å². The molecule has 98 valence electrons. The standard InChI is InChI=1S/C12H23N3O2/c1-3-15(9(2)16)11-7-5-4-6-10(11)14-12(17)8-13/h10-11H,3-8,13H2,1-2H3,(H,14,17)/t10-,11+/m1/s1. The first kappa shape index (κ1) is 14.0. The highest BCUT2D eigenvalue weighted by molar-refractivity contribution is 5.78. The van der Waals surface area contributed by atoms with Crippen LogP contribution < -0.4 is 11.1 Å². The number of carbonyl (C=O) groups excluding carboxylic acids is 2. The van der Waals surface area contributed by atoms with Crippen molar-refractivity contribution in [1.29, 1.82) is 0 Å². The normalized spacial score (nSPS) is 24.2. The van der Waals surface area contributed by atoms with Gasteiger partial charge in [0.15, 0.2) is 0 Å². The van der Waals surface area contributed by atoms with E-state index in [1.54, 1.807) is 6.92 Å². The van der Waals surface area contributed by atoms with Gasteiger partial charge in [0.05, 0.1) is 12.6 Å². The molecule has 5 nitrogen and oxygen atoms in total. The van der Waals surface area contributed by atoms with E-state index in [4.69, 9.17) is 5.73 Å². The Hall–Kier alpha value is -1.10. The van der Waals surface area contributed by atoms with Crippen LogP contribution in [0.1, 0.15) is 39.5 Å². The lowest BCUT2D eigenvalue weighted by Crippen LogP contribution is -2.55. The highest BCUT2D eigenvalue weighted by atomic mass is 16.2. The first-order chi connectivity index (χ1) is 8.10. The molecule has 1 aliphatic carbocycles. The first-order valence-corrected chi connectivity index (χ1v) is 6.36. The van der Waals surface area contributed by atoms with Crippen LogP contribution >= 0.6 is 0 Å². The molecule has 0 saturated heterocycles. The predicted molar refractivity (Wildman–Crippen MR) is 66.3 cm³/mol. The minimum absolute atomic E-state index is 0.00934. The lowest BCUT2D eigenvalue weighted by Gasteiger charge is -2.39. The molecule has 0 aliphatic heterocycles. The molecule has 1 fully saturated rings. The molecule has 0 unspecified atom stereocenters. The van der Waals surface area contributed by atoms with Crippen molar-refractivity contribution < 1.29 is 9.59 Å². The summed E-state index contributed by atoms with van der Waals surface area (Å²) < 4.78 is 0. The molecule has 0 spiro atoms. The number of hydrogen-bond acceptors (Lipinski definition) is 3. The molecule has 17 heavy (non-hydrogen) atoms. The molecule has 3 N–H and O–H groups in total. The fourth-order valence-corrected chi connectivity index (χ4v) is 2.61. The van der Waals surface area contributed by atoms with Crippen molar-refractivity contribution in [2.24, 2.45) is 5.73 Å². The maximum atomic E-state index is 11.6. The SMILES string of the molecule is CCN(C(C)=O)[C@H]1CCCC[C@H]1NC(=O)CN. The Bertz CT molecular complexity index is 281. The summed E-state index contributed by atoms with van der Waals surface area (Å²) >= 11 is 0. The van der Waals surface area contributed by atoms with Gasteiger partial charge in [-0.25, -0.2) is 0 Å². The van der Waals surface area contributed by atoms with Gasteiger partial charge in [-0.2, -0.15) is 0 Å².